The Bertz CT molecular complexity index is 1010. The van der Waals surface area contributed by atoms with Crippen LogP contribution in [0.1, 0.15) is 24.8 Å². The SMILES string of the molecule is CCN1CC(CN(C)S(=O)(=O)c2cc(-c3cc(C(F)(F)F)[nH]n3)oc2C)CC1=O. The lowest BCUT2D eigenvalue weighted by Gasteiger charge is -2.20. The Kier molecular flexibility index (Phi) is 5.52. The van der Waals surface area contributed by atoms with E-state index in [1.54, 1.807) is 4.90 Å². The summed E-state index contributed by atoms with van der Waals surface area (Å²) in [5, 5.41) is 5.42. The molecule has 1 fully saturated rings. The zero-order chi connectivity index (χ0) is 21.6. The molecule has 1 aliphatic rings. The van der Waals surface area contributed by atoms with Crippen molar-refractivity contribution in [2.75, 3.05) is 26.7 Å². The number of aryl methyl sites for hydroxylation is 1. The molecule has 1 N–H and O–H groups in total. The summed E-state index contributed by atoms with van der Waals surface area (Å²) >= 11 is 0. The number of aromatic amines is 1. The number of carbonyl (C=O) groups excluding carboxylic acids is 1. The molecule has 1 aliphatic heterocycles. The van der Waals surface area contributed by atoms with Gasteiger partial charge < -0.3 is 9.32 Å². The molecule has 0 aromatic carbocycles. The van der Waals surface area contributed by atoms with E-state index in [4.69, 9.17) is 4.42 Å². The summed E-state index contributed by atoms with van der Waals surface area (Å²) in [5.74, 6) is -0.186. The number of likely N-dealkylation sites (tertiary alicyclic amines) is 1. The van der Waals surface area contributed by atoms with Crippen molar-refractivity contribution in [3.05, 3.63) is 23.6 Å². The van der Waals surface area contributed by atoms with Crippen molar-refractivity contribution in [1.29, 1.82) is 0 Å². The average Bonchev–Trinajstić information content (AvgIpc) is 3.32. The molecule has 0 bridgehead atoms. The Labute approximate surface area is 165 Å². The number of amides is 1. The Balaban J connectivity index is 1.81. The predicted molar refractivity (Wildman–Crippen MR) is 96.2 cm³/mol. The summed E-state index contributed by atoms with van der Waals surface area (Å²) in [6.45, 7) is 4.47. The first-order valence-electron chi connectivity index (χ1n) is 8.91. The lowest BCUT2D eigenvalue weighted by Crippen LogP contribution is -2.33. The third kappa shape index (κ3) is 4.17. The van der Waals surface area contributed by atoms with Crippen LogP contribution in [-0.2, 0) is 21.0 Å². The standard InChI is InChI=1S/C17H21F3N4O4S/c1-4-24-9-11(5-16(24)25)8-23(3)29(26,27)14-7-13(28-10(14)2)12-6-15(22-21-12)17(18,19)20/h6-7,11H,4-5,8-9H2,1-3H3,(H,21,22). The normalized spacial score (nSPS) is 18.2. The van der Waals surface area contributed by atoms with Crippen molar-refractivity contribution in [2.24, 2.45) is 5.92 Å². The van der Waals surface area contributed by atoms with Gasteiger partial charge in [0.1, 0.15) is 22.0 Å². The van der Waals surface area contributed by atoms with Crippen molar-refractivity contribution in [2.45, 2.75) is 31.3 Å². The van der Waals surface area contributed by atoms with Crippen LogP contribution in [0, 0.1) is 12.8 Å². The number of hydrogen-bond acceptors (Lipinski definition) is 5. The fraction of sp³-hybridized carbons (Fsp3) is 0.529. The van der Waals surface area contributed by atoms with Crippen LogP contribution >= 0.6 is 0 Å². The number of aromatic nitrogens is 2. The molecule has 29 heavy (non-hydrogen) atoms. The van der Waals surface area contributed by atoms with Crippen molar-refractivity contribution in [1.82, 2.24) is 19.4 Å². The highest BCUT2D eigenvalue weighted by atomic mass is 32.2. The van der Waals surface area contributed by atoms with Gasteiger partial charge in [-0.05, 0) is 25.8 Å². The fourth-order valence-corrected chi connectivity index (χ4v) is 4.76. The van der Waals surface area contributed by atoms with Gasteiger partial charge in [-0.15, -0.1) is 0 Å². The third-order valence-corrected chi connectivity index (χ3v) is 6.82. The summed E-state index contributed by atoms with van der Waals surface area (Å²) < 4.78 is 70.6. The fourth-order valence-electron chi connectivity index (χ4n) is 3.35. The predicted octanol–water partition coefficient (Wildman–Crippen LogP) is 2.49. The molecule has 0 radical (unpaired) electrons. The Morgan fingerprint density at radius 2 is 2.07 bits per heavy atom. The smallest absolute Gasteiger partial charge is 0.432 e. The summed E-state index contributed by atoms with van der Waals surface area (Å²) in [6, 6.07) is 1.91. The van der Waals surface area contributed by atoms with Gasteiger partial charge in [0, 0.05) is 39.2 Å². The van der Waals surface area contributed by atoms with Gasteiger partial charge in [0.05, 0.1) is 0 Å². The van der Waals surface area contributed by atoms with Crippen LogP contribution in [0.15, 0.2) is 21.4 Å². The molecular formula is C17H21F3N4O4S. The van der Waals surface area contributed by atoms with Crippen LogP contribution in [0.3, 0.4) is 0 Å². The molecule has 1 amide bonds. The maximum absolute atomic E-state index is 12.9. The molecular weight excluding hydrogens is 413 g/mol. The molecule has 2 aromatic rings. The number of sulfonamides is 1. The molecule has 1 saturated heterocycles. The van der Waals surface area contributed by atoms with E-state index in [2.05, 4.69) is 5.10 Å². The van der Waals surface area contributed by atoms with Gasteiger partial charge >= 0.3 is 6.18 Å². The highest BCUT2D eigenvalue weighted by Gasteiger charge is 2.35. The number of carbonyl (C=O) groups is 1. The number of furan rings is 1. The van der Waals surface area contributed by atoms with Gasteiger partial charge in [-0.2, -0.15) is 18.3 Å². The molecule has 0 saturated carbocycles. The topological polar surface area (TPSA) is 99.5 Å². The lowest BCUT2D eigenvalue weighted by molar-refractivity contribution is -0.141. The minimum Gasteiger partial charge on any atom is -0.458 e. The summed E-state index contributed by atoms with van der Waals surface area (Å²) in [5.41, 5.74) is -1.21. The van der Waals surface area contributed by atoms with E-state index in [-0.39, 0.29) is 46.9 Å². The summed E-state index contributed by atoms with van der Waals surface area (Å²) in [6.07, 6.45) is -4.33. The molecule has 0 spiro atoms. The number of alkyl halides is 3. The molecule has 3 heterocycles. The molecule has 3 rings (SSSR count). The minimum absolute atomic E-state index is 0.0101. The van der Waals surface area contributed by atoms with E-state index in [1.165, 1.54) is 14.0 Å². The van der Waals surface area contributed by atoms with E-state index in [1.807, 2.05) is 12.0 Å². The maximum Gasteiger partial charge on any atom is 0.432 e. The van der Waals surface area contributed by atoms with Gasteiger partial charge in [-0.1, -0.05) is 0 Å². The number of nitrogens with zero attached hydrogens (tertiary/aromatic N) is 3. The monoisotopic (exact) mass is 434 g/mol. The molecule has 1 unspecified atom stereocenters. The van der Waals surface area contributed by atoms with Crippen LogP contribution < -0.4 is 0 Å². The Morgan fingerprint density at radius 3 is 2.62 bits per heavy atom. The lowest BCUT2D eigenvalue weighted by atomic mass is 10.1. The maximum atomic E-state index is 12.9. The molecule has 160 valence electrons. The molecule has 12 heteroatoms. The first-order chi connectivity index (χ1) is 13.4. The number of nitrogens with one attached hydrogen (secondary N) is 1. The van der Waals surface area contributed by atoms with Crippen LogP contribution in [0.5, 0.6) is 0 Å². The second-order valence-corrected chi connectivity index (χ2v) is 9.00. The molecule has 8 nitrogen and oxygen atoms in total. The van der Waals surface area contributed by atoms with Crippen LogP contribution in [0.4, 0.5) is 13.2 Å². The highest BCUT2D eigenvalue weighted by molar-refractivity contribution is 7.89. The first-order valence-corrected chi connectivity index (χ1v) is 10.3. The van der Waals surface area contributed by atoms with Gasteiger partial charge in [-0.3, -0.25) is 9.89 Å². The minimum atomic E-state index is -4.60. The van der Waals surface area contributed by atoms with Crippen LogP contribution in [0.2, 0.25) is 0 Å². The second kappa shape index (κ2) is 7.48. The van der Waals surface area contributed by atoms with Gasteiger partial charge in [-0.25, -0.2) is 12.7 Å². The number of H-pyrrole nitrogens is 1. The van der Waals surface area contributed by atoms with E-state index in [9.17, 15) is 26.4 Å². The van der Waals surface area contributed by atoms with E-state index in [0.29, 0.717) is 13.1 Å². The second-order valence-electron chi connectivity index (χ2n) is 6.98. The Hall–Kier alpha value is -2.34. The van der Waals surface area contributed by atoms with Crippen molar-refractivity contribution in [3.8, 4) is 11.5 Å². The van der Waals surface area contributed by atoms with Gasteiger partial charge in [0.15, 0.2) is 5.76 Å². The first kappa shape index (κ1) is 21.4. The summed E-state index contributed by atoms with van der Waals surface area (Å²) in [4.78, 5) is 13.4. The third-order valence-electron chi connectivity index (χ3n) is 4.89. The molecule has 0 aliphatic carbocycles. The summed E-state index contributed by atoms with van der Waals surface area (Å²) in [7, 11) is -2.56. The van der Waals surface area contributed by atoms with Crippen LogP contribution in [-0.4, -0.2) is 60.4 Å². The van der Waals surface area contributed by atoms with Gasteiger partial charge in [0.25, 0.3) is 0 Å². The van der Waals surface area contributed by atoms with Crippen molar-refractivity contribution in [3.63, 3.8) is 0 Å². The number of rotatable bonds is 6. The Morgan fingerprint density at radius 1 is 1.38 bits per heavy atom. The molecule has 1 atom stereocenters. The number of halogens is 3. The zero-order valence-corrected chi connectivity index (χ0v) is 16.9. The van der Waals surface area contributed by atoms with Crippen LogP contribution in [0.25, 0.3) is 11.5 Å². The zero-order valence-electron chi connectivity index (χ0n) is 16.1. The average molecular weight is 434 g/mol. The quantitative estimate of drug-likeness (QED) is 0.753. The highest BCUT2D eigenvalue weighted by Crippen LogP contribution is 2.33. The van der Waals surface area contributed by atoms with Crippen molar-refractivity contribution < 1.29 is 30.8 Å². The van der Waals surface area contributed by atoms with Gasteiger partial charge in [0.2, 0.25) is 15.9 Å². The number of hydrogen-bond donors (Lipinski definition) is 1. The van der Waals surface area contributed by atoms with E-state index in [0.717, 1.165) is 16.4 Å². The largest absolute Gasteiger partial charge is 0.458 e. The molecule has 2 aromatic heterocycles. The van der Waals surface area contributed by atoms with E-state index < -0.39 is 21.9 Å². The van der Waals surface area contributed by atoms with E-state index >= 15 is 0 Å². The van der Waals surface area contributed by atoms with Crippen molar-refractivity contribution >= 4 is 15.9 Å².